The molecule has 1 fully saturated rings. The number of anilines is 1. The van der Waals surface area contributed by atoms with Gasteiger partial charge in [-0.1, -0.05) is 31.0 Å². The molecule has 1 saturated heterocycles. The Morgan fingerprint density at radius 1 is 1.41 bits per heavy atom. The van der Waals surface area contributed by atoms with Gasteiger partial charge in [0.25, 0.3) is 0 Å². The van der Waals surface area contributed by atoms with Crippen LogP contribution in [0.2, 0.25) is 0 Å². The molecule has 1 aromatic rings. The molecule has 2 atom stereocenters. The first-order valence-corrected chi connectivity index (χ1v) is 7.97. The molecule has 1 aliphatic rings. The highest BCUT2D eigenvalue weighted by Crippen LogP contribution is 2.21. The molecular weight excluding hydrogens is 278 g/mol. The lowest BCUT2D eigenvalue weighted by Gasteiger charge is -2.33. The number of aryl methyl sites for hydroxylation is 1. The van der Waals surface area contributed by atoms with Crippen LogP contribution in [0.5, 0.6) is 0 Å². The molecule has 0 radical (unpaired) electrons. The fraction of sp³-hybridized carbons (Fsp3) is 0.529. The van der Waals surface area contributed by atoms with Crippen molar-refractivity contribution < 1.29 is 9.59 Å². The summed E-state index contributed by atoms with van der Waals surface area (Å²) in [5.41, 5.74) is 7.85. The molecule has 1 aromatic carbocycles. The zero-order valence-corrected chi connectivity index (χ0v) is 13.3. The van der Waals surface area contributed by atoms with Gasteiger partial charge in [-0.3, -0.25) is 9.59 Å². The first-order valence-electron chi connectivity index (χ1n) is 7.97. The number of benzene rings is 1. The van der Waals surface area contributed by atoms with Crippen LogP contribution in [-0.4, -0.2) is 30.4 Å². The molecule has 22 heavy (non-hydrogen) atoms. The largest absolute Gasteiger partial charge is 0.343 e. The Bertz CT molecular complexity index is 527. The number of rotatable bonds is 5. The predicted molar refractivity (Wildman–Crippen MR) is 87.6 cm³/mol. The van der Waals surface area contributed by atoms with Gasteiger partial charge in [0, 0.05) is 12.2 Å². The van der Waals surface area contributed by atoms with Gasteiger partial charge in [0.1, 0.15) is 6.04 Å². The van der Waals surface area contributed by atoms with Crippen molar-refractivity contribution in [2.45, 2.75) is 51.6 Å². The number of nitrogens with zero attached hydrogens (tertiary/aromatic N) is 1. The van der Waals surface area contributed by atoms with Gasteiger partial charge in [-0.2, -0.15) is 0 Å². The van der Waals surface area contributed by atoms with Crippen molar-refractivity contribution in [1.29, 1.82) is 0 Å². The maximum atomic E-state index is 12.6. The van der Waals surface area contributed by atoms with E-state index in [9.17, 15) is 9.59 Å². The van der Waals surface area contributed by atoms with E-state index in [0.717, 1.165) is 24.1 Å². The summed E-state index contributed by atoms with van der Waals surface area (Å²) in [4.78, 5) is 26.4. The molecule has 2 rings (SSSR count). The van der Waals surface area contributed by atoms with Crippen LogP contribution in [-0.2, 0) is 9.59 Å². The molecule has 0 aromatic heterocycles. The molecule has 0 bridgehead atoms. The smallest absolute Gasteiger partial charge is 0.249 e. The van der Waals surface area contributed by atoms with Gasteiger partial charge in [-0.25, -0.2) is 0 Å². The Morgan fingerprint density at radius 2 is 2.09 bits per heavy atom. The van der Waals surface area contributed by atoms with Crippen molar-refractivity contribution in [2.24, 2.45) is 5.73 Å². The van der Waals surface area contributed by atoms with Crippen LogP contribution in [0.1, 0.15) is 38.2 Å². The van der Waals surface area contributed by atoms with E-state index in [-0.39, 0.29) is 11.8 Å². The number of carbonyl (C=O) groups is 2. The van der Waals surface area contributed by atoms with E-state index in [4.69, 9.17) is 5.73 Å². The Morgan fingerprint density at radius 3 is 2.73 bits per heavy atom. The summed E-state index contributed by atoms with van der Waals surface area (Å²) < 4.78 is 0. The fourth-order valence-electron chi connectivity index (χ4n) is 2.71. The Labute approximate surface area is 131 Å². The van der Waals surface area contributed by atoms with Gasteiger partial charge in [0.15, 0.2) is 0 Å². The molecule has 3 N–H and O–H groups in total. The number of carbonyl (C=O) groups excluding carboxylic acids is 2. The molecule has 5 heteroatoms. The maximum absolute atomic E-state index is 12.6. The first kappa shape index (κ1) is 16.5. The Balaban J connectivity index is 2.03. The van der Waals surface area contributed by atoms with Gasteiger partial charge >= 0.3 is 0 Å². The quantitative estimate of drug-likeness (QED) is 0.870. The number of amides is 2. The zero-order valence-electron chi connectivity index (χ0n) is 13.3. The highest BCUT2D eigenvalue weighted by Gasteiger charge is 2.31. The molecule has 0 aliphatic carbocycles. The number of hydrogen-bond donors (Lipinski definition) is 2. The van der Waals surface area contributed by atoms with Crippen molar-refractivity contribution in [1.82, 2.24) is 5.32 Å². The Hall–Kier alpha value is -1.88. The second kappa shape index (κ2) is 7.40. The summed E-state index contributed by atoms with van der Waals surface area (Å²) >= 11 is 0. The van der Waals surface area contributed by atoms with Crippen molar-refractivity contribution in [3.05, 3.63) is 29.8 Å². The normalized spacial score (nSPS) is 19.9. The van der Waals surface area contributed by atoms with Gasteiger partial charge in [0.2, 0.25) is 11.8 Å². The summed E-state index contributed by atoms with van der Waals surface area (Å²) in [7, 11) is 0. The van der Waals surface area contributed by atoms with Crippen LogP contribution in [0.3, 0.4) is 0 Å². The summed E-state index contributed by atoms with van der Waals surface area (Å²) in [6.45, 7) is 4.69. The maximum Gasteiger partial charge on any atom is 0.249 e. The van der Waals surface area contributed by atoms with Crippen LogP contribution in [0, 0.1) is 6.92 Å². The zero-order chi connectivity index (χ0) is 16.1. The summed E-state index contributed by atoms with van der Waals surface area (Å²) in [5.74, 6) is -0.280. The molecule has 1 heterocycles. The van der Waals surface area contributed by atoms with E-state index >= 15 is 0 Å². The molecule has 2 amide bonds. The average Bonchev–Trinajstić information content (AvgIpc) is 2.50. The lowest BCUT2D eigenvalue weighted by molar-refractivity contribution is -0.129. The number of nitrogens with two attached hydrogens (primary N) is 1. The average molecular weight is 303 g/mol. The van der Waals surface area contributed by atoms with E-state index in [1.165, 1.54) is 0 Å². The van der Waals surface area contributed by atoms with E-state index in [1.54, 1.807) is 4.90 Å². The first-order chi connectivity index (χ1) is 10.5. The van der Waals surface area contributed by atoms with E-state index in [0.29, 0.717) is 19.4 Å². The van der Waals surface area contributed by atoms with Crippen molar-refractivity contribution >= 4 is 17.5 Å². The molecule has 120 valence electrons. The van der Waals surface area contributed by atoms with Crippen LogP contribution in [0.25, 0.3) is 0 Å². The van der Waals surface area contributed by atoms with E-state index in [2.05, 4.69) is 5.32 Å². The number of piperidine rings is 1. The molecular formula is C17H25N3O2. The third kappa shape index (κ3) is 3.85. The Kier molecular flexibility index (Phi) is 5.55. The third-order valence-electron chi connectivity index (χ3n) is 4.04. The van der Waals surface area contributed by atoms with Crippen molar-refractivity contribution in [3.8, 4) is 0 Å². The minimum atomic E-state index is -0.535. The summed E-state index contributed by atoms with van der Waals surface area (Å²) in [6, 6.07) is 6.86. The molecule has 0 spiro atoms. The minimum absolute atomic E-state index is 0.0489. The second-order valence-electron chi connectivity index (χ2n) is 5.92. The molecule has 2 unspecified atom stereocenters. The second-order valence-corrected chi connectivity index (χ2v) is 5.92. The molecule has 5 nitrogen and oxygen atoms in total. The molecule has 0 saturated carbocycles. The fourth-order valence-corrected chi connectivity index (χ4v) is 2.71. The molecule has 1 aliphatic heterocycles. The highest BCUT2D eigenvalue weighted by atomic mass is 16.2. The van der Waals surface area contributed by atoms with Crippen LogP contribution < -0.4 is 16.0 Å². The standard InChI is InChI=1S/C17H25N3O2/c1-3-5-14(18)16(21)19-15-6-4-11-20(17(15)22)13-9-7-12(2)8-10-13/h7-10,14-15H,3-6,11,18H2,1-2H3,(H,19,21). The van der Waals surface area contributed by atoms with E-state index < -0.39 is 12.1 Å². The third-order valence-corrected chi connectivity index (χ3v) is 4.04. The van der Waals surface area contributed by atoms with E-state index in [1.807, 2.05) is 38.1 Å². The lowest BCUT2D eigenvalue weighted by Crippen LogP contribution is -2.55. The van der Waals surface area contributed by atoms with Crippen LogP contribution in [0.15, 0.2) is 24.3 Å². The summed E-state index contributed by atoms with van der Waals surface area (Å²) in [6.07, 6.45) is 3.02. The van der Waals surface area contributed by atoms with Crippen molar-refractivity contribution in [2.75, 3.05) is 11.4 Å². The van der Waals surface area contributed by atoms with Gasteiger partial charge in [-0.15, -0.1) is 0 Å². The predicted octanol–water partition coefficient (Wildman–Crippen LogP) is 1.73. The topological polar surface area (TPSA) is 75.4 Å². The summed E-state index contributed by atoms with van der Waals surface area (Å²) in [5, 5.41) is 2.81. The van der Waals surface area contributed by atoms with Gasteiger partial charge in [-0.05, 0) is 38.3 Å². The van der Waals surface area contributed by atoms with Gasteiger partial charge in [0.05, 0.1) is 6.04 Å². The van der Waals surface area contributed by atoms with Crippen LogP contribution in [0.4, 0.5) is 5.69 Å². The highest BCUT2D eigenvalue weighted by molar-refractivity contribution is 6.00. The minimum Gasteiger partial charge on any atom is -0.343 e. The lowest BCUT2D eigenvalue weighted by atomic mass is 10.0. The van der Waals surface area contributed by atoms with Crippen LogP contribution >= 0.6 is 0 Å². The number of nitrogens with one attached hydrogen (secondary N) is 1. The monoisotopic (exact) mass is 303 g/mol. The number of hydrogen-bond acceptors (Lipinski definition) is 3. The SMILES string of the molecule is CCCC(N)C(=O)NC1CCCN(c2ccc(C)cc2)C1=O. The van der Waals surface area contributed by atoms with Gasteiger partial charge < -0.3 is 16.0 Å². The van der Waals surface area contributed by atoms with Crippen molar-refractivity contribution in [3.63, 3.8) is 0 Å².